The normalized spacial score (nSPS) is 20.4. The van der Waals surface area contributed by atoms with E-state index < -0.39 is 0 Å². The molecule has 1 saturated carbocycles. The van der Waals surface area contributed by atoms with E-state index in [9.17, 15) is 0 Å². The van der Waals surface area contributed by atoms with Gasteiger partial charge in [-0.1, -0.05) is 6.42 Å². The van der Waals surface area contributed by atoms with Crippen LogP contribution in [-0.4, -0.2) is 39.5 Å². The molecule has 3 nitrogen and oxygen atoms in total. The van der Waals surface area contributed by atoms with E-state index in [4.69, 9.17) is 9.47 Å². The van der Waals surface area contributed by atoms with Gasteiger partial charge in [-0.05, 0) is 38.5 Å². The van der Waals surface area contributed by atoms with Crippen molar-refractivity contribution in [3.63, 3.8) is 0 Å². The molecule has 0 aromatic heterocycles. The van der Waals surface area contributed by atoms with Crippen molar-refractivity contribution in [2.75, 3.05) is 33.5 Å². The summed E-state index contributed by atoms with van der Waals surface area (Å²) in [5.41, 5.74) is 0.510. The molecule has 0 aromatic carbocycles. The first-order chi connectivity index (χ1) is 7.72. The summed E-state index contributed by atoms with van der Waals surface area (Å²) in [6, 6.07) is 0.458. The summed E-state index contributed by atoms with van der Waals surface area (Å²) in [6.07, 6.45) is 5.28. The number of methoxy groups -OCH3 is 1. The highest BCUT2D eigenvalue weighted by Crippen LogP contribution is 2.43. The third-order valence-electron chi connectivity index (χ3n) is 3.65. The highest BCUT2D eigenvalue weighted by Gasteiger charge is 2.36. The molecule has 0 amide bonds. The molecule has 0 aromatic rings. The van der Waals surface area contributed by atoms with Crippen LogP contribution >= 0.6 is 0 Å². The van der Waals surface area contributed by atoms with E-state index in [-0.39, 0.29) is 0 Å². The zero-order valence-corrected chi connectivity index (χ0v) is 11.1. The fourth-order valence-corrected chi connectivity index (χ4v) is 2.25. The number of ether oxygens (including phenoxy) is 2. The second kappa shape index (κ2) is 7.25. The molecule has 1 N–H and O–H groups in total. The Kier molecular flexibility index (Phi) is 6.32. The second-order valence-corrected chi connectivity index (χ2v) is 5.04. The van der Waals surface area contributed by atoms with Gasteiger partial charge in [-0.25, -0.2) is 0 Å². The van der Waals surface area contributed by atoms with Gasteiger partial charge in [0.25, 0.3) is 0 Å². The average Bonchev–Trinajstić information content (AvgIpc) is 2.24. The Hall–Kier alpha value is -0.120. The van der Waals surface area contributed by atoms with Crippen LogP contribution in [0.3, 0.4) is 0 Å². The van der Waals surface area contributed by atoms with Crippen LogP contribution in [0.2, 0.25) is 0 Å². The van der Waals surface area contributed by atoms with Crippen molar-refractivity contribution in [3.8, 4) is 0 Å². The molecule has 1 aliphatic carbocycles. The molecule has 1 unspecified atom stereocenters. The first kappa shape index (κ1) is 13.9. The molecule has 0 bridgehead atoms. The van der Waals surface area contributed by atoms with Gasteiger partial charge >= 0.3 is 0 Å². The molecule has 0 aliphatic heterocycles. The lowest BCUT2D eigenvalue weighted by molar-refractivity contribution is 0.0596. The smallest absolute Gasteiger partial charge is 0.0616 e. The molecule has 1 rings (SSSR count). The number of hydrogen-bond acceptors (Lipinski definition) is 3. The third-order valence-corrected chi connectivity index (χ3v) is 3.65. The maximum Gasteiger partial charge on any atom is 0.0616 e. The molecule has 0 spiro atoms. The van der Waals surface area contributed by atoms with E-state index in [1.165, 1.54) is 25.7 Å². The van der Waals surface area contributed by atoms with Gasteiger partial charge in [-0.2, -0.15) is 0 Å². The molecule has 0 saturated heterocycles. The SMILES string of the molecule is CCOCC(C)NCC1(CCOC)CCC1. The van der Waals surface area contributed by atoms with Crippen LogP contribution in [0.4, 0.5) is 0 Å². The van der Waals surface area contributed by atoms with E-state index >= 15 is 0 Å². The van der Waals surface area contributed by atoms with Gasteiger partial charge in [-0.15, -0.1) is 0 Å². The minimum Gasteiger partial charge on any atom is -0.385 e. The Bertz CT molecular complexity index is 181. The highest BCUT2D eigenvalue weighted by atomic mass is 16.5. The van der Waals surface area contributed by atoms with Gasteiger partial charge in [0.2, 0.25) is 0 Å². The molecule has 1 fully saturated rings. The van der Waals surface area contributed by atoms with E-state index in [2.05, 4.69) is 12.2 Å². The number of hydrogen-bond donors (Lipinski definition) is 1. The van der Waals surface area contributed by atoms with Gasteiger partial charge in [0.15, 0.2) is 0 Å². The van der Waals surface area contributed by atoms with Crippen LogP contribution in [0.5, 0.6) is 0 Å². The van der Waals surface area contributed by atoms with E-state index in [1.54, 1.807) is 7.11 Å². The minimum absolute atomic E-state index is 0.458. The summed E-state index contributed by atoms with van der Waals surface area (Å²) in [7, 11) is 1.79. The Labute approximate surface area is 99.9 Å². The molecule has 3 heteroatoms. The van der Waals surface area contributed by atoms with Gasteiger partial charge in [0.1, 0.15) is 0 Å². The van der Waals surface area contributed by atoms with Crippen LogP contribution in [0.1, 0.15) is 39.5 Å². The van der Waals surface area contributed by atoms with Crippen LogP contribution in [0.15, 0.2) is 0 Å². The molecule has 0 heterocycles. The van der Waals surface area contributed by atoms with Crippen molar-refractivity contribution >= 4 is 0 Å². The average molecular weight is 229 g/mol. The highest BCUT2D eigenvalue weighted by molar-refractivity contribution is 4.90. The van der Waals surface area contributed by atoms with Crippen molar-refractivity contribution in [2.24, 2.45) is 5.41 Å². The lowest BCUT2D eigenvalue weighted by Crippen LogP contribution is -2.44. The second-order valence-electron chi connectivity index (χ2n) is 5.04. The van der Waals surface area contributed by atoms with Crippen LogP contribution in [-0.2, 0) is 9.47 Å². The first-order valence-electron chi connectivity index (χ1n) is 6.52. The van der Waals surface area contributed by atoms with Gasteiger partial charge in [0, 0.05) is 32.9 Å². The van der Waals surface area contributed by atoms with Crippen molar-refractivity contribution in [3.05, 3.63) is 0 Å². The van der Waals surface area contributed by atoms with Crippen molar-refractivity contribution < 1.29 is 9.47 Å². The molecular formula is C13H27NO2. The van der Waals surface area contributed by atoms with Crippen LogP contribution in [0.25, 0.3) is 0 Å². The predicted octanol–water partition coefficient (Wildman–Crippen LogP) is 2.21. The van der Waals surface area contributed by atoms with Crippen molar-refractivity contribution in [2.45, 2.75) is 45.6 Å². The van der Waals surface area contributed by atoms with Gasteiger partial charge in [-0.3, -0.25) is 0 Å². The predicted molar refractivity (Wildman–Crippen MR) is 66.7 cm³/mol. The summed E-state index contributed by atoms with van der Waals surface area (Å²) < 4.78 is 10.6. The lowest BCUT2D eigenvalue weighted by Gasteiger charge is -2.43. The minimum atomic E-state index is 0.458. The lowest BCUT2D eigenvalue weighted by atomic mass is 9.66. The first-order valence-corrected chi connectivity index (χ1v) is 6.52. The molecule has 96 valence electrons. The number of nitrogens with one attached hydrogen (secondary N) is 1. The van der Waals surface area contributed by atoms with Crippen molar-refractivity contribution in [1.82, 2.24) is 5.32 Å². The maximum atomic E-state index is 5.41. The zero-order valence-electron chi connectivity index (χ0n) is 11.1. The Morgan fingerprint density at radius 1 is 1.38 bits per heavy atom. The molecule has 16 heavy (non-hydrogen) atoms. The maximum absolute atomic E-state index is 5.41. The zero-order chi connectivity index (χ0) is 11.9. The summed E-state index contributed by atoms with van der Waals surface area (Å²) in [5, 5.41) is 3.59. The standard InChI is InChI=1S/C13H27NO2/c1-4-16-10-12(2)14-11-13(6-5-7-13)8-9-15-3/h12,14H,4-11H2,1-3H3. The molecule has 0 radical (unpaired) electrons. The Balaban J connectivity index is 2.17. The Morgan fingerprint density at radius 3 is 2.62 bits per heavy atom. The van der Waals surface area contributed by atoms with Crippen molar-refractivity contribution in [1.29, 1.82) is 0 Å². The quantitative estimate of drug-likeness (QED) is 0.657. The third kappa shape index (κ3) is 4.40. The summed E-state index contributed by atoms with van der Waals surface area (Å²) in [6.45, 7) is 7.86. The fourth-order valence-electron chi connectivity index (χ4n) is 2.25. The molecular weight excluding hydrogens is 202 g/mol. The van der Waals surface area contributed by atoms with E-state index in [0.717, 1.165) is 26.4 Å². The largest absolute Gasteiger partial charge is 0.385 e. The monoisotopic (exact) mass is 229 g/mol. The van der Waals surface area contributed by atoms with Crippen LogP contribution < -0.4 is 5.32 Å². The van der Waals surface area contributed by atoms with Gasteiger partial charge in [0.05, 0.1) is 6.61 Å². The molecule has 1 atom stereocenters. The Morgan fingerprint density at radius 2 is 2.12 bits per heavy atom. The fraction of sp³-hybridized carbons (Fsp3) is 1.00. The summed E-state index contributed by atoms with van der Waals surface area (Å²) in [5.74, 6) is 0. The topological polar surface area (TPSA) is 30.5 Å². The van der Waals surface area contributed by atoms with E-state index in [1.807, 2.05) is 6.92 Å². The summed E-state index contributed by atoms with van der Waals surface area (Å²) >= 11 is 0. The van der Waals surface area contributed by atoms with Crippen LogP contribution in [0, 0.1) is 5.41 Å². The van der Waals surface area contributed by atoms with Gasteiger partial charge < -0.3 is 14.8 Å². The van der Waals surface area contributed by atoms with E-state index in [0.29, 0.717) is 11.5 Å². The molecule has 1 aliphatic rings. The summed E-state index contributed by atoms with van der Waals surface area (Å²) in [4.78, 5) is 0. The number of rotatable bonds is 9.